The molecule has 1 N–H and O–H groups in total. The Labute approximate surface area is 118 Å². The summed E-state index contributed by atoms with van der Waals surface area (Å²) < 4.78 is 15.2. The van der Waals surface area contributed by atoms with Crippen molar-refractivity contribution >= 4 is 0 Å². The number of aromatic nitrogens is 2. The number of benzene rings is 1. The quantitative estimate of drug-likeness (QED) is 0.835. The topological polar surface area (TPSA) is 69.4 Å². The first-order valence-corrected chi connectivity index (χ1v) is 6.39. The molecule has 1 atom stereocenters. The van der Waals surface area contributed by atoms with Gasteiger partial charge in [0.05, 0.1) is 20.3 Å². The van der Waals surface area contributed by atoms with Crippen molar-refractivity contribution in [3.63, 3.8) is 0 Å². The predicted octanol–water partition coefficient (Wildman–Crippen LogP) is 2.08. The monoisotopic (exact) mass is 277 g/mol. The molecule has 0 spiro atoms. The molecule has 1 aromatic carbocycles. The van der Waals surface area contributed by atoms with Crippen molar-refractivity contribution in [3.8, 4) is 5.75 Å². The highest BCUT2D eigenvalue weighted by Crippen LogP contribution is 2.24. The molecular weight excluding hydrogens is 258 g/mol. The first-order chi connectivity index (χ1) is 9.74. The van der Waals surface area contributed by atoms with Crippen LogP contribution in [0.5, 0.6) is 5.75 Å². The van der Waals surface area contributed by atoms with Crippen LogP contribution in [0.1, 0.15) is 29.9 Å². The molecule has 0 radical (unpaired) electrons. The lowest BCUT2D eigenvalue weighted by atomic mass is 10.0. The molecule has 2 aromatic rings. The summed E-state index contributed by atoms with van der Waals surface area (Å²) in [4.78, 5) is 3.98. The van der Waals surface area contributed by atoms with Gasteiger partial charge in [-0.15, -0.1) is 0 Å². The van der Waals surface area contributed by atoms with E-state index >= 15 is 0 Å². The van der Waals surface area contributed by atoms with E-state index in [1.807, 2.05) is 12.1 Å². The Morgan fingerprint density at radius 3 is 2.85 bits per heavy atom. The van der Waals surface area contributed by atoms with Gasteiger partial charge in [-0.1, -0.05) is 11.2 Å². The highest BCUT2D eigenvalue weighted by atomic mass is 16.5. The minimum atomic E-state index is 0.162. The number of rotatable bonds is 7. The summed E-state index contributed by atoms with van der Waals surface area (Å²) in [6.07, 6.45) is 1.33. The summed E-state index contributed by atoms with van der Waals surface area (Å²) in [5.74, 6) is 1.48. The van der Waals surface area contributed by atoms with Gasteiger partial charge in [0.15, 0.2) is 5.82 Å². The van der Waals surface area contributed by atoms with E-state index in [1.54, 1.807) is 14.2 Å². The van der Waals surface area contributed by atoms with Crippen LogP contribution in [-0.4, -0.2) is 24.4 Å². The molecule has 20 heavy (non-hydrogen) atoms. The van der Waals surface area contributed by atoms with Crippen LogP contribution in [0, 0.1) is 0 Å². The van der Waals surface area contributed by atoms with Crippen LogP contribution in [0.2, 0.25) is 0 Å². The van der Waals surface area contributed by atoms with Gasteiger partial charge in [-0.05, 0) is 24.6 Å². The number of nitrogens with one attached hydrogen (secondary N) is 1. The number of hydrogen-bond acceptors (Lipinski definition) is 6. The molecule has 0 aliphatic rings. The Morgan fingerprint density at radius 1 is 1.35 bits per heavy atom. The largest absolute Gasteiger partial charge is 0.496 e. The zero-order valence-corrected chi connectivity index (χ0v) is 11.9. The third kappa shape index (κ3) is 3.55. The zero-order valence-electron chi connectivity index (χ0n) is 11.9. The van der Waals surface area contributed by atoms with Gasteiger partial charge in [0.1, 0.15) is 5.75 Å². The van der Waals surface area contributed by atoms with E-state index in [4.69, 9.17) is 14.0 Å². The van der Waals surface area contributed by atoms with Gasteiger partial charge in [0.25, 0.3) is 0 Å². The molecule has 0 aliphatic heterocycles. The number of nitrogens with zero attached hydrogens (tertiary/aromatic N) is 2. The predicted molar refractivity (Wildman–Crippen MR) is 73.3 cm³/mol. The third-order valence-electron chi connectivity index (χ3n) is 3.08. The normalized spacial score (nSPS) is 12.3. The molecule has 6 heteroatoms. The average molecular weight is 277 g/mol. The molecule has 0 bridgehead atoms. The fourth-order valence-corrected chi connectivity index (χ4v) is 1.97. The van der Waals surface area contributed by atoms with Gasteiger partial charge in [0, 0.05) is 18.7 Å². The second kappa shape index (κ2) is 7.02. The Balaban J connectivity index is 2.05. The van der Waals surface area contributed by atoms with Crippen LogP contribution in [0.3, 0.4) is 0 Å². The fraction of sp³-hybridized carbons (Fsp3) is 0.429. The minimum Gasteiger partial charge on any atom is -0.496 e. The second-order valence-electron chi connectivity index (χ2n) is 4.45. The van der Waals surface area contributed by atoms with Crippen molar-refractivity contribution in [2.75, 3.05) is 14.2 Å². The molecule has 0 fully saturated rings. The minimum absolute atomic E-state index is 0.162. The molecule has 1 aromatic heterocycles. The van der Waals surface area contributed by atoms with Crippen molar-refractivity contribution in [1.82, 2.24) is 15.5 Å². The number of ether oxygens (including phenoxy) is 2. The van der Waals surface area contributed by atoms with E-state index in [2.05, 4.69) is 28.4 Å². The molecule has 0 saturated carbocycles. The van der Waals surface area contributed by atoms with Crippen molar-refractivity contribution in [3.05, 3.63) is 41.5 Å². The molecule has 108 valence electrons. The first kappa shape index (κ1) is 14.5. The van der Waals surface area contributed by atoms with E-state index in [0.29, 0.717) is 19.0 Å². The number of methoxy groups -OCH3 is 2. The molecule has 0 amide bonds. The van der Waals surface area contributed by atoms with Crippen LogP contribution in [0.15, 0.2) is 29.1 Å². The maximum absolute atomic E-state index is 5.32. The van der Waals surface area contributed by atoms with Crippen LogP contribution >= 0.6 is 0 Å². The third-order valence-corrected chi connectivity index (χ3v) is 3.08. The van der Waals surface area contributed by atoms with Gasteiger partial charge >= 0.3 is 0 Å². The lowest BCUT2D eigenvalue weighted by molar-refractivity contribution is 0.181. The smallest absolute Gasteiger partial charge is 0.213 e. The molecule has 6 nitrogen and oxygen atoms in total. The molecular formula is C14H19N3O3. The summed E-state index contributed by atoms with van der Waals surface area (Å²) in [7, 11) is 3.33. The van der Waals surface area contributed by atoms with Crippen molar-refractivity contribution < 1.29 is 14.0 Å². The Bertz CT molecular complexity index is 528. The van der Waals surface area contributed by atoms with Gasteiger partial charge < -0.3 is 19.3 Å². The lowest BCUT2D eigenvalue weighted by Crippen LogP contribution is -2.19. The van der Waals surface area contributed by atoms with Crippen LogP contribution in [-0.2, 0) is 17.9 Å². The summed E-state index contributed by atoms with van der Waals surface area (Å²) >= 11 is 0. The Hall–Kier alpha value is -1.92. The number of hydrogen-bond donors (Lipinski definition) is 1. The Kier molecular flexibility index (Phi) is 5.09. The SMILES string of the molecule is COCc1cc(C(C)NCc2ncon2)ccc1OC. The standard InChI is InChI=1S/C14H19N3O3/c1-10(15-7-14-16-9-20-17-14)11-4-5-13(19-3)12(6-11)8-18-2/h4-6,9-10,15H,7-8H2,1-3H3. The zero-order chi connectivity index (χ0) is 14.4. The highest BCUT2D eigenvalue weighted by Gasteiger charge is 2.10. The molecule has 2 rings (SSSR count). The van der Waals surface area contributed by atoms with E-state index in [1.165, 1.54) is 6.39 Å². The van der Waals surface area contributed by atoms with E-state index in [9.17, 15) is 0 Å². The van der Waals surface area contributed by atoms with E-state index in [0.717, 1.165) is 16.9 Å². The van der Waals surface area contributed by atoms with Crippen LogP contribution in [0.4, 0.5) is 0 Å². The highest BCUT2D eigenvalue weighted by molar-refractivity contribution is 5.38. The maximum Gasteiger partial charge on any atom is 0.213 e. The van der Waals surface area contributed by atoms with Crippen LogP contribution < -0.4 is 10.1 Å². The maximum atomic E-state index is 5.32. The first-order valence-electron chi connectivity index (χ1n) is 6.39. The van der Waals surface area contributed by atoms with Gasteiger partial charge in [-0.25, -0.2) is 0 Å². The van der Waals surface area contributed by atoms with Gasteiger partial charge in [-0.3, -0.25) is 0 Å². The van der Waals surface area contributed by atoms with Gasteiger partial charge in [-0.2, -0.15) is 4.98 Å². The van der Waals surface area contributed by atoms with Crippen molar-refractivity contribution in [2.45, 2.75) is 26.1 Å². The molecule has 0 saturated heterocycles. The van der Waals surface area contributed by atoms with Gasteiger partial charge in [0.2, 0.25) is 6.39 Å². The lowest BCUT2D eigenvalue weighted by Gasteiger charge is -2.16. The second-order valence-corrected chi connectivity index (χ2v) is 4.45. The average Bonchev–Trinajstić information content (AvgIpc) is 2.98. The summed E-state index contributed by atoms with van der Waals surface area (Å²) in [6.45, 7) is 3.16. The van der Waals surface area contributed by atoms with Crippen molar-refractivity contribution in [2.24, 2.45) is 0 Å². The molecule has 1 heterocycles. The summed E-state index contributed by atoms with van der Waals surface area (Å²) in [5, 5.41) is 7.11. The van der Waals surface area contributed by atoms with E-state index in [-0.39, 0.29) is 6.04 Å². The van der Waals surface area contributed by atoms with Crippen LogP contribution in [0.25, 0.3) is 0 Å². The molecule has 1 unspecified atom stereocenters. The van der Waals surface area contributed by atoms with E-state index < -0.39 is 0 Å². The van der Waals surface area contributed by atoms with Crippen molar-refractivity contribution in [1.29, 1.82) is 0 Å². The fourth-order valence-electron chi connectivity index (χ4n) is 1.97. The summed E-state index contributed by atoms with van der Waals surface area (Å²) in [6, 6.07) is 6.23. The molecule has 0 aliphatic carbocycles. The Morgan fingerprint density at radius 2 is 2.20 bits per heavy atom. The summed E-state index contributed by atoms with van der Waals surface area (Å²) in [5.41, 5.74) is 2.18.